The highest BCUT2D eigenvalue weighted by Gasteiger charge is 2.57. The van der Waals surface area contributed by atoms with Gasteiger partial charge in [0.25, 0.3) is 17.7 Å². The van der Waals surface area contributed by atoms with Gasteiger partial charge in [0.15, 0.2) is 11.5 Å². The number of hydrogen-bond donors (Lipinski definition) is 0. The van der Waals surface area contributed by atoms with Crippen LogP contribution in [0.1, 0.15) is 32.3 Å². The molecule has 9 heteroatoms. The molecule has 0 bridgehead atoms. The van der Waals surface area contributed by atoms with Gasteiger partial charge in [-0.25, -0.2) is 0 Å². The molecule has 0 saturated carbocycles. The minimum absolute atomic E-state index is 0.277. The minimum Gasteiger partial charge on any atom is -0.497 e. The van der Waals surface area contributed by atoms with Crippen LogP contribution in [0.2, 0.25) is 0 Å². The molecule has 3 amide bonds. The number of carbonyl (C=O) groups is 3. The van der Waals surface area contributed by atoms with E-state index in [1.807, 2.05) is 0 Å². The molecule has 1 fully saturated rings. The molecule has 9 nitrogen and oxygen atoms in total. The number of rotatable bonds is 7. The first-order valence-electron chi connectivity index (χ1n) is 11.2. The van der Waals surface area contributed by atoms with Crippen molar-refractivity contribution in [2.24, 2.45) is 0 Å². The fourth-order valence-corrected chi connectivity index (χ4v) is 4.84. The molecule has 36 heavy (non-hydrogen) atoms. The Morgan fingerprint density at radius 2 is 1.25 bits per heavy atom. The number of hydrogen-bond acceptors (Lipinski definition) is 7. The highest BCUT2D eigenvalue weighted by Crippen LogP contribution is 2.48. The SMILES string of the molecule is COc1cccc(N2C(=O)[C@@H](N3C(=O)c4ccccc4C3=O)[C@H]2c2cc(OC)c(OC)c(OC)c2)c1. The minimum atomic E-state index is -1.06. The normalized spacial score (nSPS) is 18.6. The molecule has 0 unspecified atom stereocenters. The quantitative estimate of drug-likeness (QED) is 0.371. The molecule has 2 atom stereocenters. The van der Waals surface area contributed by atoms with Crippen LogP contribution in [0.25, 0.3) is 0 Å². The molecular weight excluding hydrogens is 464 g/mol. The number of methoxy groups -OCH3 is 4. The lowest BCUT2D eigenvalue weighted by Gasteiger charge is -2.49. The lowest BCUT2D eigenvalue weighted by atomic mass is 9.86. The first-order chi connectivity index (χ1) is 17.4. The van der Waals surface area contributed by atoms with Gasteiger partial charge in [-0.1, -0.05) is 18.2 Å². The fraction of sp³-hybridized carbons (Fsp3) is 0.222. The molecule has 3 aromatic rings. The maximum absolute atomic E-state index is 13.7. The van der Waals surface area contributed by atoms with Crippen LogP contribution in [-0.4, -0.2) is 57.1 Å². The largest absolute Gasteiger partial charge is 0.497 e. The molecule has 0 spiro atoms. The van der Waals surface area contributed by atoms with Crippen molar-refractivity contribution >= 4 is 23.4 Å². The van der Waals surface area contributed by atoms with Crippen LogP contribution in [0, 0.1) is 0 Å². The third-order valence-corrected chi connectivity index (χ3v) is 6.53. The van der Waals surface area contributed by atoms with Crippen molar-refractivity contribution in [3.05, 3.63) is 77.4 Å². The van der Waals surface area contributed by atoms with Crippen molar-refractivity contribution in [1.82, 2.24) is 4.90 Å². The van der Waals surface area contributed by atoms with Gasteiger partial charge < -0.3 is 23.8 Å². The van der Waals surface area contributed by atoms with Crippen molar-refractivity contribution in [2.45, 2.75) is 12.1 Å². The second kappa shape index (κ2) is 8.92. The van der Waals surface area contributed by atoms with Gasteiger partial charge in [-0.05, 0) is 42.0 Å². The van der Waals surface area contributed by atoms with E-state index in [4.69, 9.17) is 18.9 Å². The predicted octanol–water partition coefficient (Wildman–Crippen LogP) is 3.47. The molecular formula is C27H24N2O7. The molecule has 0 aromatic heterocycles. The van der Waals surface area contributed by atoms with E-state index in [2.05, 4.69) is 0 Å². The number of carbonyl (C=O) groups excluding carboxylic acids is 3. The number of amides is 3. The summed E-state index contributed by atoms with van der Waals surface area (Å²) in [5.74, 6) is 0.327. The average Bonchev–Trinajstić information content (AvgIpc) is 3.16. The van der Waals surface area contributed by atoms with E-state index >= 15 is 0 Å². The zero-order chi connectivity index (χ0) is 25.6. The second-order valence-corrected chi connectivity index (χ2v) is 8.28. The van der Waals surface area contributed by atoms with E-state index in [1.165, 1.54) is 33.3 Å². The summed E-state index contributed by atoms with van der Waals surface area (Å²) >= 11 is 0. The number of nitrogens with zero attached hydrogens (tertiary/aromatic N) is 2. The van der Waals surface area contributed by atoms with Gasteiger partial charge in [-0.15, -0.1) is 0 Å². The van der Waals surface area contributed by atoms with E-state index in [0.717, 1.165) is 4.90 Å². The summed E-state index contributed by atoms with van der Waals surface area (Å²) in [5.41, 5.74) is 1.72. The number of imide groups is 1. The summed E-state index contributed by atoms with van der Waals surface area (Å²) in [5, 5.41) is 0. The summed E-state index contributed by atoms with van der Waals surface area (Å²) in [7, 11) is 6.02. The van der Waals surface area contributed by atoms with Gasteiger partial charge in [0.1, 0.15) is 11.8 Å². The Bertz CT molecular complexity index is 1330. The van der Waals surface area contributed by atoms with E-state index in [9.17, 15) is 14.4 Å². The van der Waals surface area contributed by atoms with Crippen molar-refractivity contribution in [2.75, 3.05) is 33.3 Å². The van der Waals surface area contributed by atoms with E-state index in [1.54, 1.807) is 60.7 Å². The Labute approximate surface area is 207 Å². The van der Waals surface area contributed by atoms with Gasteiger partial charge in [0.2, 0.25) is 5.75 Å². The van der Waals surface area contributed by atoms with Crippen LogP contribution in [0.15, 0.2) is 60.7 Å². The number of ether oxygens (including phenoxy) is 4. The lowest BCUT2D eigenvalue weighted by molar-refractivity contribution is -0.130. The van der Waals surface area contributed by atoms with Crippen LogP contribution in [-0.2, 0) is 4.79 Å². The third kappa shape index (κ3) is 3.35. The second-order valence-electron chi connectivity index (χ2n) is 8.28. The van der Waals surface area contributed by atoms with Crippen molar-refractivity contribution < 1.29 is 33.3 Å². The van der Waals surface area contributed by atoms with Crippen molar-refractivity contribution in [1.29, 1.82) is 0 Å². The van der Waals surface area contributed by atoms with E-state index in [-0.39, 0.29) is 11.1 Å². The van der Waals surface area contributed by atoms with Gasteiger partial charge >= 0.3 is 0 Å². The maximum atomic E-state index is 13.7. The zero-order valence-corrected chi connectivity index (χ0v) is 20.2. The molecule has 2 aliphatic heterocycles. The summed E-state index contributed by atoms with van der Waals surface area (Å²) in [6, 6.07) is 15.3. The number of β-lactam (4-membered cyclic amide) rings is 1. The molecule has 0 aliphatic carbocycles. The molecule has 5 rings (SSSR count). The standard InChI is InChI=1S/C27H24N2O7/c1-33-17-9-7-8-16(14-17)28-22(15-12-20(34-2)24(36-4)21(13-15)35-3)23(27(28)32)29-25(30)18-10-5-6-11-19(18)26(29)31/h5-14,22-23H,1-4H3/t22-,23+/m1/s1. The molecule has 0 N–H and O–H groups in total. The fourth-order valence-electron chi connectivity index (χ4n) is 4.84. The Morgan fingerprint density at radius 1 is 0.639 bits per heavy atom. The highest BCUT2D eigenvalue weighted by atomic mass is 16.5. The van der Waals surface area contributed by atoms with Gasteiger partial charge in [-0.2, -0.15) is 0 Å². The molecule has 0 radical (unpaired) electrons. The van der Waals surface area contributed by atoms with Crippen LogP contribution >= 0.6 is 0 Å². The Balaban J connectivity index is 1.65. The third-order valence-electron chi connectivity index (χ3n) is 6.53. The highest BCUT2D eigenvalue weighted by molar-refractivity contribution is 6.24. The molecule has 184 valence electrons. The van der Waals surface area contributed by atoms with Gasteiger partial charge in [0.05, 0.1) is 45.6 Å². The maximum Gasteiger partial charge on any atom is 0.262 e. The Kier molecular flexibility index (Phi) is 5.75. The Hall–Kier alpha value is -4.53. The van der Waals surface area contributed by atoms with Crippen molar-refractivity contribution in [3.63, 3.8) is 0 Å². The van der Waals surface area contributed by atoms with E-state index in [0.29, 0.717) is 34.2 Å². The molecule has 2 aliphatic rings. The lowest BCUT2D eigenvalue weighted by Crippen LogP contribution is -2.67. The zero-order valence-electron chi connectivity index (χ0n) is 20.2. The first kappa shape index (κ1) is 23.2. The van der Waals surface area contributed by atoms with Crippen molar-refractivity contribution in [3.8, 4) is 23.0 Å². The number of anilines is 1. The van der Waals surface area contributed by atoms with Crippen LogP contribution in [0.5, 0.6) is 23.0 Å². The van der Waals surface area contributed by atoms with E-state index < -0.39 is 29.8 Å². The van der Waals surface area contributed by atoms with Crippen LogP contribution in [0.4, 0.5) is 5.69 Å². The molecule has 1 saturated heterocycles. The summed E-state index contributed by atoms with van der Waals surface area (Å²) in [6.07, 6.45) is 0. The molecule has 3 aromatic carbocycles. The van der Waals surface area contributed by atoms with Crippen LogP contribution in [0.3, 0.4) is 0 Å². The average molecular weight is 488 g/mol. The number of fused-ring (bicyclic) bond motifs is 1. The first-order valence-corrected chi connectivity index (χ1v) is 11.2. The van der Waals surface area contributed by atoms with Crippen LogP contribution < -0.4 is 23.8 Å². The summed E-state index contributed by atoms with van der Waals surface area (Å²) in [4.78, 5) is 42.8. The monoisotopic (exact) mass is 488 g/mol. The Morgan fingerprint density at radius 3 is 1.78 bits per heavy atom. The molecule has 2 heterocycles. The van der Waals surface area contributed by atoms with Gasteiger partial charge in [-0.3, -0.25) is 19.3 Å². The predicted molar refractivity (Wildman–Crippen MR) is 130 cm³/mol. The topological polar surface area (TPSA) is 94.6 Å². The van der Waals surface area contributed by atoms with Gasteiger partial charge in [0, 0.05) is 11.8 Å². The summed E-state index contributed by atoms with van der Waals surface area (Å²) < 4.78 is 21.8. The summed E-state index contributed by atoms with van der Waals surface area (Å²) in [6.45, 7) is 0. The number of benzene rings is 3. The smallest absolute Gasteiger partial charge is 0.262 e.